The summed E-state index contributed by atoms with van der Waals surface area (Å²) < 4.78 is 5.49. The van der Waals surface area contributed by atoms with Crippen LogP contribution in [0.1, 0.15) is 38.8 Å². The fraction of sp³-hybridized carbons (Fsp3) is 0.538. The monoisotopic (exact) mass is 226 g/mol. The maximum Gasteiger partial charge on any atom is 0.125 e. The Hall–Kier alpha value is -0.690. The molecule has 1 rings (SSSR count). The second-order valence-corrected chi connectivity index (χ2v) is 5.19. The molecule has 0 aromatic heterocycles. The normalized spacial score (nSPS) is 11.6. The lowest BCUT2D eigenvalue weighted by atomic mass is 9.85. The van der Waals surface area contributed by atoms with E-state index in [2.05, 4.69) is 27.7 Å². The van der Waals surface area contributed by atoms with Crippen molar-refractivity contribution in [2.24, 2.45) is 0 Å². The van der Waals surface area contributed by atoms with Crippen LogP contribution in [0.25, 0.3) is 0 Å². The Morgan fingerprint density at radius 2 is 1.87 bits per heavy atom. The van der Waals surface area contributed by atoms with E-state index in [1.807, 2.05) is 12.1 Å². The van der Waals surface area contributed by atoms with Crippen molar-refractivity contribution >= 4 is 11.6 Å². The average Bonchev–Trinajstić information content (AvgIpc) is 2.15. The molecule has 15 heavy (non-hydrogen) atoms. The summed E-state index contributed by atoms with van der Waals surface area (Å²) in [7, 11) is 1.72. The maximum absolute atomic E-state index is 6.11. The molecule has 2 heteroatoms. The quantitative estimate of drug-likeness (QED) is 0.734. The highest BCUT2D eigenvalue weighted by Gasteiger charge is 2.21. The van der Waals surface area contributed by atoms with E-state index in [9.17, 15) is 0 Å². The van der Waals surface area contributed by atoms with Gasteiger partial charge in [0.15, 0.2) is 0 Å². The van der Waals surface area contributed by atoms with Crippen LogP contribution < -0.4 is 4.74 Å². The summed E-state index contributed by atoms with van der Waals surface area (Å²) in [6, 6.07) is 3.98. The van der Waals surface area contributed by atoms with Gasteiger partial charge in [-0.15, -0.1) is 0 Å². The predicted molar refractivity (Wildman–Crippen MR) is 66.1 cm³/mol. The van der Waals surface area contributed by atoms with Gasteiger partial charge in [-0.1, -0.05) is 39.3 Å². The van der Waals surface area contributed by atoms with E-state index >= 15 is 0 Å². The molecule has 84 valence electrons. The minimum absolute atomic E-state index is 0.0557. The fourth-order valence-corrected chi connectivity index (χ4v) is 1.95. The van der Waals surface area contributed by atoms with Gasteiger partial charge in [0.2, 0.25) is 0 Å². The molecule has 0 atom stereocenters. The van der Waals surface area contributed by atoms with E-state index in [-0.39, 0.29) is 5.41 Å². The van der Waals surface area contributed by atoms with Crippen molar-refractivity contribution < 1.29 is 4.74 Å². The molecular formula is C13H19ClO. The van der Waals surface area contributed by atoms with Gasteiger partial charge in [-0.05, 0) is 29.5 Å². The molecule has 0 spiro atoms. The Labute approximate surface area is 97.4 Å². The predicted octanol–water partition coefficient (Wildman–Crippen LogP) is 4.21. The number of rotatable bonds is 2. The molecule has 0 fully saturated rings. The van der Waals surface area contributed by atoms with Crippen LogP contribution in [0.3, 0.4) is 0 Å². The zero-order chi connectivity index (χ0) is 11.6. The van der Waals surface area contributed by atoms with Crippen molar-refractivity contribution in [1.29, 1.82) is 0 Å². The van der Waals surface area contributed by atoms with Gasteiger partial charge in [0.25, 0.3) is 0 Å². The number of aryl methyl sites for hydroxylation is 1. The highest BCUT2D eigenvalue weighted by atomic mass is 35.5. The number of benzene rings is 1. The van der Waals surface area contributed by atoms with Gasteiger partial charge in [0, 0.05) is 10.6 Å². The summed E-state index contributed by atoms with van der Waals surface area (Å²) >= 11 is 6.11. The van der Waals surface area contributed by atoms with Crippen molar-refractivity contribution in [3.8, 4) is 5.75 Å². The molecule has 0 N–H and O–H groups in total. The third-order valence-corrected chi connectivity index (χ3v) is 2.74. The van der Waals surface area contributed by atoms with Crippen LogP contribution in [0.15, 0.2) is 12.1 Å². The lowest BCUT2D eigenvalue weighted by Gasteiger charge is -2.24. The minimum Gasteiger partial charge on any atom is -0.496 e. The van der Waals surface area contributed by atoms with Crippen molar-refractivity contribution in [1.82, 2.24) is 0 Å². The highest BCUT2D eigenvalue weighted by Crippen LogP contribution is 2.36. The first-order valence-corrected chi connectivity index (χ1v) is 5.64. The highest BCUT2D eigenvalue weighted by molar-refractivity contribution is 6.30. The summed E-state index contributed by atoms with van der Waals surface area (Å²) in [5.41, 5.74) is 2.41. The largest absolute Gasteiger partial charge is 0.496 e. The molecule has 0 amide bonds. The van der Waals surface area contributed by atoms with E-state index in [4.69, 9.17) is 16.3 Å². The van der Waals surface area contributed by atoms with Gasteiger partial charge in [0.05, 0.1) is 7.11 Å². The molecule has 0 bridgehead atoms. The molecule has 1 aromatic rings. The van der Waals surface area contributed by atoms with E-state index in [0.29, 0.717) is 0 Å². The zero-order valence-corrected chi connectivity index (χ0v) is 10.9. The summed E-state index contributed by atoms with van der Waals surface area (Å²) in [5.74, 6) is 0.981. The van der Waals surface area contributed by atoms with Crippen LogP contribution in [0.4, 0.5) is 0 Å². The lowest BCUT2D eigenvalue weighted by molar-refractivity contribution is 0.393. The Morgan fingerprint density at radius 1 is 1.27 bits per heavy atom. The van der Waals surface area contributed by atoms with Gasteiger partial charge < -0.3 is 4.74 Å². The summed E-state index contributed by atoms with van der Waals surface area (Å²) in [6.07, 6.45) is 0.937. The SMILES string of the molecule is CCc1cc(Cl)cc(C(C)(C)C)c1OC. The summed E-state index contributed by atoms with van der Waals surface area (Å²) in [5, 5.41) is 0.789. The van der Waals surface area contributed by atoms with E-state index in [0.717, 1.165) is 17.2 Å². The van der Waals surface area contributed by atoms with Gasteiger partial charge >= 0.3 is 0 Å². The van der Waals surface area contributed by atoms with Crippen LogP contribution >= 0.6 is 11.6 Å². The first kappa shape index (κ1) is 12.4. The van der Waals surface area contributed by atoms with Crippen molar-refractivity contribution in [3.05, 3.63) is 28.3 Å². The van der Waals surface area contributed by atoms with Gasteiger partial charge in [-0.25, -0.2) is 0 Å². The van der Waals surface area contributed by atoms with Gasteiger partial charge in [0.1, 0.15) is 5.75 Å². The number of methoxy groups -OCH3 is 1. The van der Waals surface area contributed by atoms with Crippen LogP contribution in [-0.2, 0) is 11.8 Å². The molecule has 0 aliphatic carbocycles. The molecule has 1 aromatic carbocycles. The van der Waals surface area contributed by atoms with Crippen molar-refractivity contribution in [3.63, 3.8) is 0 Å². The lowest BCUT2D eigenvalue weighted by Crippen LogP contribution is -2.14. The zero-order valence-electron chi connectivity index (χ0n) is 10.1. The molecule has 0 aliphatic heterocycles. The van der Waals surface area contributed by atoms with Gasteiger partial charge in [-0.2, -0.15) is 0 Å². The summed E-state index contributed by atoms with van der Waals surface area (Å²) in [6.45, 7) is 8.61. The topological polar surface area (TPSA) is 9.23 Å². The number of hydrogen-bond donors (Lipinski definition) is 0. The smallest absolute Gasteiger partial charge is 0.125 e. The van der Waals surface area contributed by atoms with E-state index in [1.54, 1.807) is 7.11 Å². The maximum atomic E-state index is 6.11. The van der Waals surface area contributed by atoms with E-state index in [1.165, 1.54) is 11.1 Å². The average molecular weight is 227 g/mol. The Morgan fingerprint density at radius 3 is 2.27 bits per heavy atom. The number of halogens is 1. The summed E-state index contributed by atoms with van der Waals surface area (Å²) in [4.78, 5) is 0. The Balaban J connectivity index is 3.42. The minimum atomic E-state index is 0.0557. The van der Waals surface area contributed by atoms with Gasteiger partial charge in [-0.3, -0.25) is 0 Å². The first-order chi connectivity index (χ1) is 6.90. The first-order valence-electron chi connectivity index (χ1n) is 5.27. The standard InChI is InChI=1S/C13H19ClO/c1-6-9-7-10(14)8-11(12(9)15-5)13(2,3)4/h7-8H,6H2,1-5H3. The fourth-order valence-electron chi connectivity index (χ4n) is 1.71. The molecule has 1 nitrogen and oxygen atoms in total. The van der Waals surface area contributed by atoms with Crippen LogP contribution in [0, 0.1) is 0 Å². The molecule has 0 saturated carbocycles. The number of ether oxygens (including phenoxy) is 1. The Bertz CT molecular complexity index is 350. The number of hydrogen-bond acceptors (Lipinski definition) is 1. The third-order valence-electron chi connectivity index (χ3n) is 2.52. The molecule has 0 unspecified atom stereocenters. The van der Waals surface area contributed by atoms with Crippen LogP contribution in [0.2, 0.25) is 5.02 Å². The molecule has 0 saturated heterocycles. The molecule has 0 aliphatic rings. The second-order valence-electron chi connectivity index (χ2n) is 4.75. The molecule has 0 heterocycles. The van der Waals surface area contributed by atoms with E-state index < -0.39 is 0 Å². The second kappa shape index (κ2) is 4.44. The van der Waals surface area contributed by atoms with Crippen molar-refractivity contribution in [2.75, 3.05) is 7.11 Å². The third kappa shape index (κ3) is 2.66. The Kier molecular flexibility index (Phi) is 3.67. The molecular weight excluding hydrogens is 208 g/mol. The van der Waals surface area contributed by atoms with Crippen LogP contribution in [0.5, 0.6) is 5.75 Å². The molecule has 0 radical (unpaired) electrons. The van der Waals surface area contributed by atoms with Crippen molar-refractivity contribution in [2.45, 2.75) is 39.5 Å². The van der Waals surface area contributed by atoms with Crippen LogP contribution in [-0.4, -0.2) is 7.11 Å².